The fourth-order valence-corrected chi connectivity index (χ4v) is 1.90. The van der Waals surface area contributed by atoms with Crippen LogP contribution in [0, 0.1) is 0 Å². The van der Waals surface area contributed by atoms with Gasteiger partial charge in [-0.15, -0.1) is 24.8 Å². The second-order valence-electron chi connectivity index (χ2n) is 4.16. The van der Waals surface area contributed by atoms with Gasteiger partial charge >= 0.3 is 0 Å². The van der Waals surface area contributed by atoms with Crippen molar-refractivity contribution >= 4 is 30.7 Å². The third-order valence-electron chi connectivity index (χ3n) is 2.97. The molecule has 1 N–H and O–H groups in total. The van der Waals surface area contributed by atoms with Gasteiger partial charge in [0.2, 0.25) is 5.91 Å². The van der Waals surface area contributed by atoms with E-state index in [1.165, 1.54) is 0 Å². The molecular weight excluding hydrogens is 261 g/mol. The van der Waals surface area contributed by atoms with Crippen molar-refractivity contribution in [1.29, 1.82) is 0 Å². The van der Waals surface area contributed by atoms with Crippen LogP contribution in [0.3, 0.4) is 0 Å². The third-order valence-corrected chi connectivity index (χ3v) is 2.97. The molecule has 0 radical (unpaired) electrons. The van der Waals surface area contributed by atoms with Crippen molar-refractivity contribution in [2.24, 2.45) is 0 Å². The molecule has 1 saturated heterocycles. The summed E-state index contributed by atoms with van der Waals surface area (Å²) in [7, 11) is 0. The van der Waals surface area contributed by atoms with Crippen molar-refractivity contribution in [3.8, 4) is 0 Å². The van der Waals surface area contributed by atoms with E-state index in [0.717, 1.165) is 32.7 Å². The van der Waals surface area contributed by atoms with Crippen LogP contribution in [-0.2, 0) is 4.79 Å². The van der Waals surface area contributed by atoms with E-state index in [-0.39, 0.29) is 30.7 Å². The Hall–Kier alpha value is -0.0300. The Morgan fingerprint density at radius 3 is 2.41 bits per heavy atom. The first-order valence-electron chi connectivity index (χ1n) is 5.90. The highest BCUT2D eigenvalue weighted by Crippen LogP contribution is 2.00. The highest BCUT2D eigenvalue weighted by atomic mass is 35.5. The van der Waals surface area contributed by atoms with Crippen LogP contribution in [-0.4, -0.2) is 61.0 Å². The van der Waals surface area contributed by atoms with E-state index in [9.17, 15) is 4.79 Å². The number of carbonyl (C=O) groups is 1. The van der Waals surface area contributed by atoms with Gasteiger partial charge in [0.1, 0.15) is 0 Å². The van der Waals surface area contributed by atoms with E-state index < -0.39 is 0 Å². The number of nitrogens with one attached hydrogen (secondary N) is 1. The molecule has 4 nitrogen and oxygen atoms in total. The molecule has 1 heterocycles. The Morgan fingerprint density at radius 2 is 1.94 bits per heavy atom. The normalized spacial score (nSPS) is 19.5. The number of carbonyl (C=O) groups excluding carboxylic acids is 1. The van der Waals surface area contributed by atoms with Crippen LogP contribution < -0.4 is 5.32 Å². The van der Waals surface area contributed by atoms with Crippen molar-refractivity contribution in [3.63, 3.8) is 0 Å². The minimum atomic E-state index is 0. The predicted octanol–water partition coefficient (Wildman–Crippen LogP) is 0.992. The van der Waals surface area contributed by atoms with Gasteiger partial charge in [0.15, 0.2) is 0 Å². The smallest absolute Gasteiger partial charge is 0.236 e. The van der Waals surface area contributed by atoms with Gasteiger partial charge in [0, 0.05) is 25.7 Å². The molecule has 1 aliphatic rings. The van der Waals surface area contributed by atoms with Gasteiger partial charge in [-0.1, -0.05) is 13.8 Å². The quantitative estimate of drug-likeness (QED) is 0.837. The van der Waals surface area contributed by atoms with Gasteiger partial charge in [0.05, 0.1) is 6.54 Å². The Labute approximate surface area is 117 Å². The van der Waals surface area contributed by atoms with Crippen LogP contribution >= 0.6 is 24.8 Å². The van der Waals surface area contributed by atoms with Gasteiger partial charge < -0.3 is 10.2 Å². The Bertz CT molecular complexity index is 213. The molecule has 1 aliphatic heterocycles. The summed E-state index contributed by atoms with van der Waals surface area (Å²) in [5.41, 5.74) is 0. The highest BCUT2D eigenvalue weighted by molar-refractivity contribution is 5.85. The lowest BCUT2D eigenvalue weighted by Gasteiger charge is -2.33. The standard InChI is InChI=1S/C11H23N3O.2ClH/c1-4-13(5-2)9-11(15)14-7-6-12-10(3)8-14;;/h10,12H,4-9H2,1-3H3;2*1H/t10-;;/m1../s1. The average Bonchev–Trinajstić information content (AvgIpc) is 2.25. The van der Waals surface area contributed by atoms with Gasteiger partial charge in [0.25, 0.3) is 0 Å². The van der Waals surface area contributed by atoms with Crippen LogP contribution in [0.5, 0.6) is 0 Å². The molecule has 104 valence electrons. The number of hydrogen-bond acceptors (Lipinski definition) is 3. The largest absolute Gasteiger partial charge is 0.339 e. The second-order valence-corrected chi connectivity index (χ2v) is 4.16. The summed E-state index contributed by atoms with van der Waals surface area (Å²) in [5.74, 6) is 0.270. The summed E-state index contributed by atoms with van der Waals surface area (Å²) in [4.78, 5) is 16.1. The molecule has 1 rings (SSSR count). The Balaban J connectivity index is 0. The van der Waals surface area contributed by atoms with Crippen molar-refractivity contribution in [2.45, 2.75) is 26.8 Å². The number of rotatable bonds is 4. The van der Waals surface area contributed by atoms with Crippen LogP contribution in [0.2, 0.25) is 0 Å². The van der Waals surface area contributed by atoms with Crippen molar-refractivity contribution in [3.05, 3.63) is 0 Å². The molecule has 1 atom stereocenters. The number of amides is 1. The SMILES string of the molecule is CCN(CC)CC(=O)N1CCN[C@H](C)C1.Cl.Cl. The first kappa shape index (κ1) is 19.3. The molecule has 0 bridgehead atoms. The fourth-order valence-electron chi connectivity index (χ4n) is 1.90. The highest BCUT2D eigenvalue weighted by Gasteiger charge is 2.21. The van der Waals surface area contributed by atoms with Crippen molar-refractivity contribution in [1.82, 2.24) is 15.1 Å². The predicted molar refractivity (Wildman–Crippen MR) is 76.3 cm³/mol. The summed E-state index contributed by atoms with van der Waals surface area (Å²) in [6.45, 7) is 11.4. The molecule has 0 spiro atoms. The molecule has 0 aromatic rings. The van der Waals surface area contributed by atoms with Crippen molar-refractivity contribution < 1.29 is 4.79 Å². The van der Waals surface area contributed by atoms with E-state index in [1.54, 1.807) is 0 Å². The van der Waals surface area contributed by atoms with Gasteiger partial charge in [-0.05, 0) is 20.0 Å². The molecule has 0 aromatic heterocycles. The fraction of sp³-hybridized carbons (Fsp3) is 0.909. The van der Waals surface area contributed by atoms with Crippen LogP contribution in [0.4, 0.5) is 0 Å². The summed E-state index contributed by atoms with van der Waals surface area (Å²) < 4.78 is 0. The minimum absolute atomic E-state index is 0. The molecule has 0 unspecified atom stereocenters. The minimum Gasteiger partial charge on any atom is -0.339 e. The lowest BCUT2D eigenvalue weighted by molar-refractivity contribution is -0.133. The van der Waals surface area contributed by atoms with Gasteiger partial charge in [-0.25, -0.2) is 0 Å². The van der Waals surface area contributed by atoms with Gasteiger partial charge in [-0.2, -0.15) is 0 Å². The zero-order valence-corrected chi connectivity index (χ0v) is 12.6. The molecule has 0 aromatic carbocycles. The molecule has 0 saturated carbocycles. The Morgan fingerprint density at radius 1 is 1.35 bits per heavy atom. The zero-order chi connectivity index (χ0) is 11.3. The number of halogens is 2. The molecule has 17 heavy (non-hydrogen) atoms. The van der Waals surface area contributed by atoms with Crippen LogP contribution in [0.25, 0.3) is 0 Å². The van der Waals surface area contributed by atoms with E-state index in [0.29, 0.717) is 12.6 Å². The summed E-state index contributed by atoms with van der Waals surface area (Å²) in [6, 6.07) is 0.430. The number of piperazine rings is 1. The van der Waals surface area contributed by atoms with E-state index in [4.69, 9.17) is 0 Å². The molecule has 1 amide bonds. The summed E-state index contributed by atoms with van der Waals surface area (Å²) >= 11 is 0. The maximum absolute atomic E-state index is 11.9. The Kier molecular flexibility index (Phi) is 11.3. The van der Waals surface area contributed by atoms with Crippen LogP contribution in [0.1, 0.15) is 20.8 Å². The molecular formula is C11H25Cl2N3O. The second kappa shape index (κ2) is 9.95. The monoisotopic (exact) mass is 285 g/mol. The number of nitrogens with zero attached hydrogens (tertiary/aromatic N) is 2. The first-order valence-corrected chi connectivity index (χ1v) is 5.90. The van der Waals surface area contributed by atoms with E-state index in [2.05, 4.69) is 31.0 Å². The maximum atomic E-state index is 11.9. The van der Waals surface area contributed by atoms with Crippen molar-refractivity contribution in [2.75, 3.05) is 39.3 Å². The number of hydrogen-bond donors (Lipinski definition) is 1. The zero-order valence-electron chi connectivity index (χ0n) is 10.9. The lowest BCUT2D eigenvalue weighted by Crippen LogP contribution is -2.53. The average molecular weight is 286 g/mol. The van der Waals surface area contributed by atoms with E-state index >= 15 is 0 Å². The van der Waals surface area contributed by atoms with E-state index in [1.807, 2.05) is 4.90 Å². The molecule has 0 aliphatic carbocycles. The lowest BCUT2D eigenvalue weighted by atomic mass is 10.2. The van der Waals surface area contributed by atoms with Crippen LogP contribution in [0.15, 0.2) is 0 Å². The summed E-state index contributed by atoms with van der Waals surface area (Å²) in [5, 5.41) is 3.34. The third kappa shape index (κ3) is 6.46. The molecule has 6 heteroatoms. The molecule has 1 fully saturated rings. The first-order chi connectivity index (χ1) is 7.17. The topological polar surface area (TPSA) is 35.6 Å². The summed E-state index contributed by atoms with van der Waals surface area (Å²) in [6.07, 6.45) is 0. The van der Waals surface area contributed by atoms with Gasteiger partial charge in [-0.3, -0.25) is 9.69 Å². The maximum Gasteiger partial charge on any atom is 0.236 e. The number of likely N-dealkylation sites (N-methyl/N-ethyl adjacent to an activating group) is 1.